The molecule has 0 aromatic carbocycles. The number of nitrogens with zero attached hydrogens (tertiary/aromatic N) is 1. The van der Waals surface area contributed by atoms with E-state index >= 15 is 0 Å². The predicted octanol–water partition coefficient (Wildman–Crippen LogP) is 2.70. The van der Waals surface area contributed by atoms with Crippen molar-refractivity contribution in [3.63, 3.8) is 0 Å². The smallest absolute Gasteiger partial charge is 0.253 e. The Labute approximate surface area is 127 Å². The molecule has 0 radical (unpaired) electrons. The van der Waals surface area contributed by atoms with Gasteiger partial charge < -0.3 is 15.4 Å². The Hall–Kier alpha value is -1.62. The lowest BCUT2D eigenvalue weighted by atomic mass is 10.2. The van der Waals surface area contributed by atoms with Gasteiger partial charge in [-0.3, -0.25) is 9.78 Å². The first-order valence-corrected chi connectivity index (χ1v) is 7.69. The molecule has 0 aliphatic carbocycles. The zero-order valence-corrected chi connectivity index (χ0v) is 13.3. The Morgan fingerprint density at radius 1 is 1.38 bits per heavy atom. The van der Waals surface area contributed by atoms with Gasteiger partial charge in [0.2, 0.25) is 0 Å². The van der Waals surface area contributed by atoms with Crippen LogP contribution in [0.15, 0.2) is 18.5 Å². The molecular formula is C16H27N3O2. The van der Waals surface area contributed by atoms with Crippen LogP contribution in [0.5, 0.6) is 0 Å². The van der Waals surface area contributed by atoms with Gasteiger partial charge in [-0.1, -0.05) is 20.8 Å². The molecule has 21 heavy (non-hydrogen) atoms. The number of anilines is 1. The van der Waals surface area contributed by atoms with Crippen molar-refractivity contribution in [3.05, 3.63) is 24.0 Å². The second-order valence-corrected chi connectivity index (χ2v) is 5.43. The van der Waals surface area contributed by atoms with Crippen LogP contribution in [0, 0.1) is 5.92 Å². The van der Waals surface area contributed by atoms with E-state index in [4.69, 9.17) is 4.74 Å². The monoisotopic (exact) mass is 293 g/mol. The van der Waals surface area contributed by atoms with Crippen LogP contribution in [-0.4, -0.2) is 37.2 Å². The number of rotatable bonds is 10. The lowest BCUT2D eigenvalue weighted by molar-refractivity contribution is 0.0925. The molecule has 5 nitrogen and oxygen atoms in total. The van der Waals surface area contributed by atoms with Gasteiger partial charge in [0.05, 0.1) is 17.4 Å². The molecule has 1 aromatic heterocycles. The first-order chi connectivity index (χ1) is 10.1. The summed E-state index contributed by atoms with van der Waals surface area (Å²) in [4.78, 5) is 16.2. The number of carbonyl (C=O) groups is 1. The van der Waals surface area contributed by atoms with Crippen LogP contribution in [0.25, 0.3) is 0 Å². The number of amides is 1. The standard InChI is InChI=1S/C16H27N3O2/c1-4-7-18-15-11-17-9-6-14(15)16(20)19-8-5-10-21-12-13(2)3/h6,9,11,13,18H,4-5,7-8,10,12H2,1-3H3,(H,19,20). The maximum atomic E-state index is 12.1. The number of aromatic nitrogens is 1. The molecule has 1 amide bonds. The number of pyridine rings is 1. The van der Waals surface area contributed by atoms with Gasteiger partial charge in [-0.25, -0.2) is 0 Å². The highest BCUT2D eigenvalue weighted by atomic mass is 16.5. The van der Waals surface area contributed by atoms with E-state index in [1.165, 1.54) is 0 Å². The minimum Gasteiger partial charge on any atom is -0.383 e. The van der Waals surface area contributed by atoms with Gasteiger partial charge in [0.1, 0.15) is 0 Å². The molecule has 0 fully saturated rings. The molecule has 1 heterocycles. The van der Waals surface area contributed by atoms with Gasteiger partial charge in [-0.05, 0) is 24.8 Å². The fraction of sp³-hybridized carbons (Fsp3) is 0.625. The summed E-state index contributed by atoms with van der Waals surface area (Å²) in [5.74, 6) is 0.475. The quantitative estimate of drug-likeness (QED) is 0.651. The summed E-state index contributed by atoms with van der Waals surface area (Å²) in [5.41, 5.74) is 1.43. The predicted molar refractivity (Wildman–Crippen MR) is 85.6 cm³/mol. The number of carbonyl (C=O) groups excluding carboxylic acids is 1. The van der Waals surface area contributed by atoms with Gasteiger partial charge in [0.15, 0.2) is 0 Å². The van der Waals surface area contributed by atoms with Crippen molar-refractivity contribution in [2.45, 2.75) is 33.6 Å². The van der Waals surface area contributed by atoms with Crippen LogP contribution < -0.4 is 10.6 Å². The van der Waals surface area contributed by atoms with Crippen molar-refractivity contribution >= 4 is 11.6 Å². The summed E-state index contributed by atoms with van der Waals surface area (Å²) in [6.07, 6.45) is 5.15. The van der Waals surface area contributed by atoms with Crippen molar-refractivity contribution in [2.75, 3.05) is 31.6 Å². The second kappa shape index (κ2) is 10.2. The summed E-state index contributed by atoms with van der Waals surface area (Å²) in [6.45, 7) is 9.22. The molecule has 5 heteroatoms. The third-order valence-corrected chi connectivity index (χ3v) is 2.83. The number of nitrogens with one attached hydrogen (secondary N) is 2. The molecule has 0 unspecified atom stereocenters. The van der Waals surface area contributed by atoms with E-state index in [0.717, 1.165) is 31.7 Å². The molecule has 2 N–H and O–H groups in total. The first-order valence-electron chi connectivity index (χ1n) is 7.69. The number of hydrogen-bond donors (Lipinski definition) is 2. The average Bonchev–Trinajstić information content (AvgIpc) is 2.48. The van der Waals surface area contributed by atoms with Crippen molar-refractivity contribution in [3.8, 4) is 0 Å². The van der Waals surface area contributed by atoms with Gasteiger partial charge in [0, 0.05) is 32.5 Å². The zero-order chi connectivity index (χ0) is 15.5. The highest BCUT2D eigenvalue weighted by molar-refractivity contribution is 5.99. The van der Waals surface area contributed by atoms with E-state index < -0.39 is 0 Å². The summed E-state index contributed by atoms with van der Waals surface area (Å²) in [7, 11) is 0. The van der Waals surface area contributed by atoms with Crippen LogP contribution in [0.1, 0.15) is 44.0 Å². The molecule has 0 spiro atoms. The lowest BCUT2D eigenvalue weighted by Gasteiger charge is -2.11. The summed E-state index contributed by atoms with van der Waals surface area (Å²) in [6, 6.07) is 1.74. The van der Waals surface area contributed by atoms with Gasteiger partial charge in [-0.2, -0.15) is 0 Å². The van der Waals surface area contributed by atoms with Gasteiger partial charge in [0.25, 0.3) is 5.91 Å². The van der Waals surface area contributed by atoms with Crippen molar-refractivity contribution in [1.82, 2.24) is 10.3 Å². The van der Waals surface area contributed by atoms with Gasteiger partial charge >= 0.3 is 0 Å². The molecule has 1 rings (SSSR count). The number of ether oxygens (including phenoxy) is 1. The fourth-order valence-corrected chi connectivity index (χ4v) is 1.78. The molecule has 0 aliphatic rings. The van der Waals surface area contributed by atoms with E-state index in [-0.39, 0.29) is 5.91 Å². The van der Waals surface area contributed by atoms with Crippen LogP contribution in [0.4, 0.5) is 5.69 Å². The Bertz CT molecular complexity index is 422. The van der Waals surface area contributed by atoms with Crippen molar-refractivity contribution < 1.29 is 9.53 Å². The van der Waals surface area contributed by atoms with E-state index in [0.29, 0.717) is 24.6 Å². The largest absolute Gasteiger partial charge is 0.383 e. The molecule has 0 saturated carbocycles. The Morgan fingerprint density at radius 3 is 2.90 bits per heavy atom. The summed E-state index contributed by atoms with van der Waals surface area (Å²) < 4.78 is 5.49. The SMILES string of the molecule is CCCNc1cnccc1C(=O)NCCCOCC(C)C. The molecule has 1 aromatic rings. The van der Waals surface area contributed by atoms with E-state index in [1.54, 1.807) is 18.5 Å². The lowest BCUT2D eigenvalue weighted by Crippen LogP contribution is -2.26. The number of hydrogen-bond acceptors (Lipinski definition) is 4. The fourth-order valence-electron chi connectivity index (χ4n) is 1.78. The van der Waals surface area contributed by atoms with Crippen molar-refractivity contribution in [2.24, 2.45) is 5.92 Å². The van der Waals surface area contributed by atoms with E-state index in [1.807, 2.05) is 0 Å². The van der Waals surface area contributed by atoms with E-state index in [9.17, 15) is 4.79 Å². The maximum absolute atomic E-state index is 12.1. The highest BCUT2D eigenvalue weighted by Gasteiger charge is 2.10. The molecule has 0 atom stereocenters. The topological polar surface area (TPSA) is 63.2 Å². The molecule has 0 saturated heterocycles. The highest BCUT2D eigenvalue weighted by Crippen LogP contribution is 2.13. The third-order valence-electron chi connectivity index (χ3n) is 2.83. The Balaban J connectivity index is 2.34. The zero-order valence-electron chi connectivity index (χ0n) is 13.3. The van der Waals surface area contributed by atoms with Gasteiger partial charge in [-0.15, -0.1) is 0 Å². The average molecular weight is 293 g/mol. The second-order valence-electron chi connectivity index (χ2n) is 5.43. The Kier molecular flexibility index (Phi) is 8.43. The maximum Gasteiger partial charge on any atom is 0.253 e. The van der Waals surface area contributed by atoms with Crippen LogP contribution in [-0.2, 0) is 4.74 Å². The minimum absolute atomic E-state index is 0.0696. The van der Waals surface area contributed by atoms with Crippen LogP contribution in [0.2, 0.25) is 0 Å². The van der Waals surface area contributed by atoms with Crippen LogP contribution >= 0.6 is 0 Å². The molecule has 0 bridgehead atoms. The molecule has 0 aliphatic heterocycles. The van der Waals surface area contributed by atoms with Crippen LogP contribution in [0.3, 0.4) is 0 Å². The summed E-state index contributed by atoms with van der Waals surface area (Å²) >= 11 is 0. The summed E-state index contributed by atoms with van der Waals surface area (Å²) in [5, 5.41) is 6.14. The normalized spacial score (nSPS) is 10.7. The third kappa shape index (κ3) is 7.09. The molecule has 118 valence electrons. The Morgan fingerprint density at radius 2 is 2.19 bits per heavy atom. The van der Waals surface area contributed by atoms with Crippen molar-refractivity contribution in [1.29, 1.82) is 0 Å². The molecular weight excluding hydrogens is 266 g/mol. The van der Waals surface area contributed by atoms with E-state index in [2.05, 4.69) is 36.4 Å². The minimum atomic E-state index is -0.0696. The first kappa shape index (κ1) is 17.4.